The van der Waals surface area contributed by atoms with Crippen molar-refractivity contribution in [3.05, 3.63) is 35.4 Å². The average Bonchev–Trinajstić information content (AvgIpc) is 2.18. The van der Waals surface area contributed by atoms with E-state index in [1.165, 1.54) is 12.1 Å². The largest absolute Gasteiger partial charge is 0.416 e. The molecule has 82 valence electrons. The van der Waals surface area contributed by atoms with Crippen LogP contribution in [0.1, 0.15) is 11.1 Å². The molecule has 0 fully saturated rings. The minimum atomic E-state index is -4.29. The zero-order valence-electron chi connectivity index (χ0n) is 7.84. The van der Waals surface area contributed by atoms with Crippen LogP contribution in [0.25, 0.3) is 0 Å². The summed E-state index contributed by atoms with van der Waals surface area (Å²) in [5.41, 5.74) is 0.104. The number of benzene rings is 1. The zero-order chi connectivity index (χ0) is 11.3. The van der Waals surface area contributed by atoms with Gasteiger partial charge < -0.3 is 5.32 Å². The minimum Gasteiger partial charge on any atom is -0.358 e. The maximum atomic E-state index is 12.2. The Morgan fingerprint density at radius 3 is 2.27 bits per heavy atom. The predicted molar refractivity (Wildman–Crippen MR) is 49.2 cm³/mol. The normalized spacial score (nSPS) is 11.1. The Bertz CT molecular complexity index is 318. The fourth-order valence-electron chi connectivity index (χ4n) is 1.14. The summed E-state index contributed by atoms with van der Waals surface area (Å²) in [6.45, 7) is 0.425. The molecule has 1 N–H and O–H groups in total. The van der Waals surface area contributed by atoms with Gasteiger partial charge in [0, 0.05) is 6.54 Å². The smallest absolute Gasteiger partial charge is 0.358 e. The molecule has 0 bridgehead atoms. The predicted octanol–water partition coefficient (Wildman–Crippen LogP) is 1.99. The fourth-order valence-corrected chi connectivity index (χ4v) is 1.14. The Balaban J connectivity index is 2.60. The Morgan fingerprint density at radius 2 is 1.80 bits per heavy atom. The van der Waals surface area contributed by atoms with E-state index < -0.39 is 11.7 Å². The second kappa shape index (κ2) is 4.82. The van der Waals surface area contributed by atoms with E-state index in [2.05, 4.69) is 5.32 Å². The number of rotatable bonds is 4. The molecule has 0 saturated carbocycles. The first-order valence-corrected chi connectivity index (χ1v) is 4.37. The minimum absolute atomic E-state index is 0.425. The van der Waals surface area contributed by atoms with Crippen molar-refractivity contribution < 1.29 is 18.0 Å². The molecule has 0 spiro atoms. The van der Waals surface area contributed by atoms with E-state index in [9.17, 15) is 18.0 Å². The van der Waals surface area contributed by atoms with Crippen molar-refractivity contribution in [2.45, 2.75) is 12.6 Å². The summed E-state index contributed by atoms with van der Waals surface area (Å²) >= 11 is 0. The lowest BCUT2D eigenvalue weighted by molar-refractivity contribution is -0.137. The van der Waals surface area contributed by atoms with E-state index in [1.54, 1.807) is 0 Å². The number of hydrogen-bond donors (Lipinski definition) is 1. The second-order valence-corrected chi connectivity index (χ2v) is 3.02. The van der Waals surface area contributed by atoms with Gasteiger partial charge in [-0.05, 0) is 24.1 Å². The molecule has 15 heavy (non-hydrogen) atoms. The summed E-state index contributed by atoms with van der Waals surface area (Å²) in [4.78, 5) is 9.92. The van der Waals surface area contributed by atoms with Crippen molar-refractivity contribution in [3.8, 4) is 0 Å². The fraction of sp³-hybridized carbons (Fsp3) is 0.300. The number of halogens is 3. The first-order valence-electron chi connectivity index (χ1n) is 4.37. The molecule has 1 rings (SSSR count). The standard InChI is InChI=1S/C10H10F3NO/c11-10(12,13)9-3-1-8(2-4-9)5-6-14-7-15/h1-4,7H,5-6H2,(H,14,15). The lowest BCUT2D eigenvalue weighted by Gasteiger charge is -2.07. The van der Waals surface area contributed by atoms with Gasteiger partial charge in [0.2, 0.25) is 6.41 Å². The molecule has 2 nitrogen and oxygen atoms in total. The molecule has 0 heterocycles. The van der Waals surface area contributed by atoms with Gasteiger partial charge in [0.15, 0.2) is 0 Å². The molecular formula is C10H10F3NO. The molecule has 0 aliphatic rings. The molecule has 5 heteroatoms. The molecule has 0 aliphatic carbocycles. The van der Waals surface area contributed by atoms with Crippen molar-refractivity contribution in [1.29, 1.82) is 0 Å². The summed E-state index contributed by atoms with van der Waals surface area (Å²) in [7, 11) is 0. The summed E-state index contributed by atoms with van der Waals surface area (Å²) in [6, 6.07) is 4.90. The number of hydrogen-bond acceptors (Lipinski definition) is 1. The maximum absolute atomic E-state index is 12.2. The Hall–Kier alpha value is -1.52. The van der Waals surface area contributed by atoms with Crippen LogP contribution in [0.3, 0.4) is 0 Å². The van der Waals surface area contributed by atoms with Crippen molar-refractivity contribution in [2.75, 3.05) is 6.54 Å². The molecule has 0 aliphatic heterocycles. The third-order valence-corrected chi connectivity index (χ3v) is 1.92. The van der Waals surface area contributed by atoms with Gasteiger partial charge >= 0.3 is 6.18 Å². The van der Waals surface area contributed by atoms with Crippen LogP contribution < -0.4 is 5.32 Å². The van der Waals surface area contributed by atoms with Gasteiger partial charge in [-0.1, -0.05) is 12.1 Å². The molecule has 1 aromatic carbocycles. The number of carbonyl (C=O) groups is 1. The van der Waals surface area contributed by atoms with Gasteiger partial charge in [-0.3, -0.25) is 4.79 Å². The number of nitrogens with one attached hydrogen (secondary N) is 1. The van der Waals surface area contributed by atoms with Crippen LogP contribution in [-0.4, -0.2) is 13.0 Å². The van der Waals surface area contributed by atoms with Gasteiger partial charge in [0.1, 0.15) is 0 Å². The van der Waals surface area contributed by atoms with E-state index in [-0.39, 0.29) is 0 Å². The molecular weight excluding hydrogens is 207 g/mol. The number of amides is 1. The molecule has 1 amide bonds. The van der Waals surface area contributed by atoms with Gasteiger partial charge in [0.05, 0.1) is 5.56 Å². The Kier molecular flexibility index (Phi) is 3.71. The Labute approximate surface area is 85.1 Å². The molecule has 0 unspecified atom stereocenters. The monoisotopic (exact) mass is 217 g/mol. The first-order chi connectivity index (χ1) is 7.04. The van der Waals surface area contributed by atoms with Crippen LogP contribution in [-0.2, 0) is 17.4 Å². The Morgan fingerprint density at radius 1 is 1.20 bits per heavy atom. The van der Waals surface area contributed by atoms with Gasteiger partial charge in [-0.25, -0.2) is 0 Å². The SMILES string of the molecule is O=CNCCc1ccc(C(F)(F)F)cc1. The van der Waals surface area contributed by atoms with E-state index in [1.807, 2.05) is 0 Å². The topological polar surface area (TPSA) is 29.1 Å². The van der Waals surface area contributed by atoms with Crippen LogP contribution in [0.4, 0.5) is 13.2 Å². The third kappa shape index (κ3) is 3.61. The highest BCUT2D eigenvalue weighted by molar-refractivity contribution is 5.45. The van der Waals surface area contributed by atoms with Crippen molar-refractivity contribution >= 4 is 6.41 Å². The highest BCUT2D eigenvalue weighted by Gasteiger charge is 2.29. The molecule has 0 atom stereocenters. The lowest BCUT2D eigenvalue weighted by Crippen LogP contribution is -2.14. The maximum Gasteiger partial charge on any atom is 0.416 e. The number of alkyl halides is 3. The van der Waals surface area contributed by atoms with Crippen LogP contribution in [0, 0.1) is 0 Å². The second-order valence-electron chi connectivity index (χ2n) is 3.02. The highest BCUT2D eigenvalue weighted by Crippen LogP contribution is 2.28. The van der Waals surface area contributed by atoms with Crippen molar-refractivity contribution in [2.24, 2.45) is 0 Å². The third-order valence-electron chi connectivity index (χ3n) is 1.92. The van der Waals surface area contributed by atoms with E-state index in [4.69, 9.17) is 0 Å². The van der Waals surface area contributed by atoms with Crippen molar-refractivity contribution in [1.82, 2.24) is 5.32 Å². The molecule has 0 aromatic heterocycles. The van der Waals surface area contributed by atoms with Gasteiger partial charge in [-0.15, -0.1) is 0 Å². The molecule has 0 saturated heterocycles. The quantitative estimate of drug-likeness (QED) is 0.606. The summed E-state index contributed by atoms with van der Waals surface area (Å²) in [5, 5.41) is 2.44. The van der Waals surface area contributed by atoms with E-state index >= 15 is 0 Å². The summed E-state index contributed by atoms with van der Waals surface area (Å²) < 4.78 is 36.5. The lowest BCUT2D eigenvalue weighted by atomic mass is 10.1. The van der Waals surface area contributed by atoms with Gasteiger partial charge in [0.25, 0.3) is 0 Å². The zero-order valence-corrected chi connectivity index (χ0v) is 7.84. The molecule has 0 radical (unpaired) electrons. The van der Waals surface area contributed by atoms with Crippen LogP contribution in [0.5, 0.6) is 0 Å². The van der Waals surface area contributed by atoms with Crippen LogP contribution in [0.15, 0.2) is 24.3 Å². The van der Waals surface area contributed by atoms with Gasteiger partial charge in [-0.2, -0.15) is 13.2 Å². The highest BCUT2D eigenvalue weighted by atomic mass is 19.4. The number of carbonyl (C=O) groups excluding carboxylic acids is 1. The summed E-state index contributed by atoms with van der Waals surface area (Å²) in [6.07, 6.45) is -3.21. The average molecular weight is 217 g/mol. The molecule has 1 aromatic rings. The summed E-state index contributed by atoms with van der Waals surface area (Å²) in [5.74, 6) is 0. The van der Waals surface area contributed by atoms with E-state index in [0.29, 0.717) is 19.4 Å². The van der Waals surface area contributed by atoms with Crippen LogP contribution in [0.2, 0.25) is 0 Å². The van der Waals surface area contributed by atoms with Crippen molar-refractivity contribution in [3.63, 3.8) is 0 Å². The first kappa shape index (κ1) is 11.6. The van der Waals surface area contributed by atoms with Crippen LogP contribution >= 0.6 is 0 Å². The van der Waals surface area contributed by atoms with E-state index in [0.717, 1.165) is 17.7 Å².